The molecule has 2 atom stereocenters. The molecule has 0 spiro atoms. The van der Waals surface area contributed by atoms with Gasteiger partial charge in [0.15, 0.2) is 0 Å². The van der Waals surface area contributed by atoms with Gasteiger partial charge < -0.3 is 15.0 Å². The highest BCUT2D eigenvalue weighted by atomic mass is 16.5. The van der Waals surface area contributed by atoms with E-state index in [-0.39, 0.29) is 0 Å². The van der Waals surface area contributed by atoms with Crippen LogP contribution in [0.3, 0.4) is 0 Å². The monoisotopic (exact) mass is 346 g/mol. The first kappa shape index (κ1) is 18.6. The third-order valence-electron chi connectivity index (χ3n) is 5.66. The van der Waals surface area contributed by atoms with E-state index in [9.17, 15) is 0 Å². The molecule has 2 saturated heterocycles. The third-order valence-corrected chi connectivity index (χ3v) is 5.66. The molecule has 1 aromatic rings. The summed E-state index contributed by atoms with van der Waals surface area (Å²) in [5, 5.41) is 3.57. The Morgan fingerprint density at radius 1 is 1.16 bits per heavy atom. The van der Waals surface area contributed by atoms with Gasteiger partial charge in [0.2, 0.25) is 0 Å². The van der Waals surface area contributed by atoms with Crippen LogP contribution >= 0.6 is 0 Å². The molecule has 2 unspecified atom stereocenters. The molecule has 5 nitrogen and oxygen atoms in total. The Bertz CT molecular complexity index is 530. The maximum Gasteiger partial charge on any atom is 0.119 e. The lowest BCUT2D eigenvalue weighted by Gasteiger charge is -2.42. The number of hydrogen-bond acceptors (Lipinski definition) is 5. The molecule has 2 aliphatic rings. The molecular weight excluding hydrogens is 312 g/mol. The summed E-state index contributed by atoms with van der Waals surface area (Å²) < 4.78 is 5.48. The highest BCUT2D eigenvalue weighted by Crippen LogP contribution is 2.27. The molecule has 25 heavy (non-hydrogen) atoms. The molecule has 1 aromatic carbocycles. The molecule has 2 aliphatic heterocycles. The van der Waals surface area contributed by atoms with Gasteiger partial charge >= 0.3 is 0 Å². The van der Waals surface area contributed by atoms with Crippen molar-refractivity contribution in [3.05, 3.63) is 29.8 Å². The molecule has 1 N–H and O–H groups in total. The molecule has 0 aliphatic carbocycles. The zero-order chi connectivity index (χ0) is 17.6. The van der Waals surface area contributed by atoms with Crippen molar-refractivity contribution in [1.82, 2.24) is 20.0 Å². The van der Waals surface area contributed by atoms with Crippen molar-refractivity contribution in [3.63, 3.8) is 0 Å². The number of rotatable bonds is 6. The zero-order valence-corrected chi connectivity index (χ0v) is 16.1. The van der Waals surface area contributed by atoms with E-state index in [2.05, 4.69) is 52.1 Å². The van der Waals surface area contributed by atoms with E-state index in [1.165, 1.54) is 38.3 Å². The Kier molecular flexibility index (Phi) is 6.70. The summed E-state index contributed by atoms with van der Waals surface area (Å²) in [5.41, 5.74) is 1.38. The lowest BCUT2D eigenvalue weighted by atomic mass is 10.0. The zero-order valence-electron chi connectivity index (χ0n) is 16.1. The van der Waals surface area contributed by atoms with E-state index in [0.29, 0.717) is 12.1 Å². The Hall–Kier alpha value is -1.14. The van der Waals surface area contributed by atoms with Gasteiger partial charge in [-0.05, 0) is 31.2 Å². The van der Waals surface area contributed by atoms with Crippen molar-refractivity contribution < 1.29 is 4.74 Å². The van der Waals surface area contributed by atoms with Gasteiger partial charge in [-0.1, -0.05) is 19.1 Å². The van der Waals surface area contributed by atoms with Crippen molar-refractivity contribution in [1.29, 1.82) is 0 Å². The minimum Gasteiger partial charge on any atom is -0.497 e. The van der Waals surface area contributed by atoms with Gasteiger partial charge in [-0.25, -0.2) is 0 Å². The van der Waals surface area contributed by atoms with Crippen LogP contribution in [0.5, 0.6) is 5.75 Å². The SMILES string of the molecule is CCN1CCN(CC(c2cccc(OC)c2)N2CCNC(C)C2)CC1. The van der Waals surface area contributed by atoms with E-state index >= 15 is 0 Å². The highest BCUT2D eigenvalue weighted by molar-refractivity contribution is 5.31. The number of piperazine rings is 2. The molecule has 140 valence electrons. The number of likely N-dealkylation sites (N-methyl/N-ethyl adjacent to an activating group) is 1. The van der Waals surface area contributed by atoms with E-state index in [1.54, 1.807) is 7.11 Å². The summed E-state index contributed by atoms with van der Waals surface area (Å²) in [4.78, 5) is 7.84. The first-order chi connectivity index (χ1) is 12.2. The van der Waals surface area contributed by atoms with Crippen LogP contribution in [0.15, 0.2) is 24.3 Å². The van der Waals surface area contributed by atoms with Crippen LogP contribution in [0, 0.1) is 0 Å². The van der Waals surface area contributed by atoms with E-state index in [1.807, 2.05) is 6.07 Å². The van der Waals surface area contributed by atoms with E-state index < -0.39 is 0 Å². The van der Waals surface area contributed by atoms with Gasteiger partial charge in [0, 0.05) is 64.4 Å². The predicted octanol–water partition coefficient (Wildman–Crippen LogP) is 1.67. The molecule has 3 rings (SSSR count). The predicted molar refractivity (Wildman–Crippen MR) is 103 cm³/mol. The Morgan fingerprint density at radius 3 is 2.60 bits per heavy atom. The molecular formula is C20H34N4O. The van der Waals surface area contributed by atoms with Gasteiger partial charge in [-0.2, -0.15) is 0 Å². The molecule has 0 saturated carbocycles. The minimum absolute atomic E-state index is 0.438. The smallest absolute Gasteiger partial charge is 0.119 e. The molecule has 2 heterocycles. The lowest BCUT2D eigenvalue weighted by molar-refractivity contribution is 0.0780. The van der Waals surface area contributed by atoms with Crippen molar-refractivity contribution >= 4 is 0 Å². The summed E-state index contributed by atoms with van der Waals surface area (Å²) in [7, 11) is 1.75. The van der Waals surface area contributed by atoms with Gasteiger partial charge in [0.1, 0.15) is 5.75 Å². The fourth-order valence-corrected chi connectivity index (χ4v) is 4.06. The molecule has 5 heteroatoms. The lowest BCUT2D eigenvalue weighted by Crippen LogP contribution is -2.54. The van der Waals surface area contributed by atoms with Crippen molar-refractivity contribution in [2.24, 2.45) is 0 Å². The number of methoxy groups -OCH3 is 1. The quantitative estimate of drug-likeness (QED) is 0.847. The summed E-state index contributed by atoms with van der Waals surface area (Å²) in [6, 6.07) is 9.65. The summed E-state index contributed by atoms with van der Waals surface area (Å²) in [6.45, 7) is 14.9. The van der Waals surface area contributed by atoms with Crippen LogP contribution in [-0.4, -0.2) is 86.8 Å². The Morgan fingerprint density at radius 2 is 1.92 bits per heavy atom. The van der Waals surface area contributed by atoms with Crippen LogP contribution < -0.4 is 10.1 Å². The first-order valence-corrected chi connectivity index (χ1v) is 9.75. The summed E-state index contributed by atoms with van der Waals surface area (Å²) >= 11 is 0. The second kappa shape index (κ2) is 8.99. The normalized spacial score (nSPS) is 25.0. The van der Waals surface area contributed by atoms with Crippen LogP contribution in [0.25, 0.3) is 0 Å². The average Bonchev–Trinajstić information content (AvgIpc) is 2.66. The van der Waals surface area contributed by atoms with Crippen LogP contribution in [0.2, 0.25) is 0 Å². The average molecular weight is 347 g/mol. The number of benzene rings is 1. The minimum atomic E-state index is 0.438. The molecule has 0 bridgehead atoms. The van der Waals surface area contributed by atoms with Crippen molar-refractivity contribution in [2.45, 2.75) is 25.9 Å². The van der Waals surface area contributed by atoms with Gasteiger partial charge in [0.05, 0.1) is 7.11 Å². The number of ether oxygens (including phenoxy) is 1. The van der Waals surface area contributed by atoms with Gasteiger partial charge in [-0.3, -0.25) is 9.80 Å². The maximum absolute atomic E-state index is 5.48. The standard InChI is InChI=1S/C20H34N4O/c1-4-22-10-12-23(13-11-22)16-20(24-9-8-21-17(2)15-24)18-6-5-7-19(14-18)25-3/h5-7,14,17,20-21H,4,8-13,15-16H2,1-3H3. The van der Waals surface area contributed by atoms with Crippen molar-refractivity contribution in [2.75, 3.05) is 66.0 Å². The Labute approximate surface area is 152 Å². The fraction of sp³-hybridized carbons (Fsp3) is 0.700. The molecule has 0 aromatic heterocycles. The molecule has 2 fully saturated rings. The molecule has 0 amide bonds. The molecule has 0 radical (unpaired) electrons. The second-order valence-corrected chi connectivity index (χ2v) is 7.38. The number of nitrogens with one attached hydrogen (secondary N) is 1. The first-order valence-electron chi connectivity index (χ1n) is 9.75. The van der Waals surface area contributed by atoms with E-state index in [4.69, 9.17) is 4.74 Å². The largest absolute Gasteiger partial charge is 0.497 e. The van der Waals surface area contributed by atoms with Gasteiger partial charge in [-0.15, -0.1) is 0 Å². The topological polar surface area (TPSA) is 31.0 Å². The number of hydrogen-bond donors (Lipinski definition) is 1. The van der Waals surface area contributed by atoms with Gasteiger partial charge in [0.25, 0.3) is 0 Å². The van der Waals surface area contributed by atoms with E-state index in [0.717, 1.165) is 31.9 Å². The van der Waals surface area contributed by atoms with Crippen LogP contribution in [0.4, 0.5) is 0 Å². The Balaban J connectivity index is 1.74. The second-order valence-electron chi connectivity index (χ2n) is 7.38. The summed E-state index contributed by atoms with van der Waals surface area (Å²) in [5.74, 6) is 0.960. The fourth-order valence-electron chi connectivity index (χ4n) is 4.06. The highest BCUT2D eigenvalue weighted by Gasteiger charge is 2.28. The van der Waals surface area contributed by atoms with Crippen LogP contribution in [-0.2, 0) is 0 Å². The number of nitrogens with zero attached hydrogens (tertiary/aromatic N) is 3. The summed E-state index contributed by atoms with van der Waals surface area (Å²) in [6.07, 6.45) is 0. The van der Waals surface area contributed by atoms with Crippen molar-refractivity contribution in [3.8, 4) is 5.75 Å². The third kappa shape index (κ3) is 4.94. The van der Waals surface area contributed by atoms with Crippen LogP contribution in [0.1, 0.15) is 25.5 Å². The maximum atomic E-state index is 5.48.